The number of amides is 1. The van der Waals surface area contributed by atoms with E-state index in [0.717, 1.165) is 30.0 Å². The lowest BCUT2D eigenvalue weighted by Crippen LogP contribution is -2.53. The quantitative estimate of drug-likeness (QED) is 0.414. The average molecular weight is 599 g/mol. The number of nitrogens with zero attached hydrogens (tertiary/aromatic N) is 3. The number of carbonyl (C=O) groups excluding carboxylic acids is 1. The molecule has 0 radical (unpaired) electrons. The van der Waals surface area contributed by atoms with Crippen LogP contribution in [0.15, 0.2) is 29.2 Å². The molecule has 12 heteroatoms. The van der Waals surface area contributed by atoms with Gasteiger partial charge in [-0.2, -0.15) is 13.2 Å². The second-order valence-corrected chi connectivity index (χ2v) is 15.0. The summed E-state index contributed by atoms with van der Waals surface area (Å²) in [5, 5.41) is 3.43. The van der Waals surface area contributed by atoms with Gasteiger partial charge in [0, 0.05) is 30.6 Å². The molecular weight excluding hydrogens is 561 g/mol. The minimum absolute atomic E-state index is 0.0223. The number of hydrogen-bond donors (Lipinski definition) is 1. The molecule has 2 aromatic rings. The van der Waals surface area contributed by atoms with Crippen molar-refractivity contribution < 1.29 is 26.4 Å². The molecule has 1 N–H and O–H groups in total. The molecule has 1 aromatic carbocycles. The Labute approximate surface area is 238 Å². The van der Waals surface area contributed by atoms with Crippen LogP contribution in [-0.4, -0.2) is 66.2 Å². The summed E-state index contributed by atoms with van der Waals surface area (Å²) in [6.07, 6.45) is -1.61. The number of benzene rings is 1. The topological polar surface area (TPSA) is 82.6 Å². The van der Waals surface area contributed by atoms with Crippen molar-refractivity contribution in [2.24, 2.45) is 11.8 Å². The van der Waals surface area contributed by atoms with E-state index in [4.69, 9.17) is 4.98 Å². The average Bonchev–Trinajstić information content (AvgIpc) is 3.58. The lowest BCUT2D eigenvalue weighted by molar-refractivity contribution is -0.197. The van der Waals surface area contributed by atoms with Crippen molar-refractivity contribution >= 4 is 32.2 Å². The van der Waals surface area contributed by atoms with Crippen LogP contribution in [0, 0.1) is 11.8 Å². The molecule has 7 nitrogen and oxygen atoms in total. The lowest BCUT2D eigenvalue weighted by atomic mass is 9.90. The van der Waals surface area contributed by atoms with E-state index in [1.165, 1.54) is 23.5 Å². The highest BCUT2D eigenvalue weighted by Gasteiger charge is 2.50. The maximum Gasteiger partial charge on any atom is 0.404 e. The molecule has 5 rings (SSSR count). The van der Waals surface area contributed by atoms with Gasteiger partial charge in [-0.1, -0.05) is 32.9 Å². The Morgan fingerprint density at radius 2 is 1.85 bits per heavy atom. The van der Waals surface area contributed by atoms with Crippen LogP contribution in [-0.2, 0) is 27.6 Å². The third kappa shape index (κ3) is 6.39. The van der Waals surface area contributed by atoms with Gasteiger partial charge in [0.1, 0.15) is 6.04 Å². The largest absolute Gasteiger partial charge is 0.404 e. The maximum atomic E-state index is 13.6. The Kier molecular flexibility index (Phi) is 8.35. The van der Waals surface area contributed by atoms with Gasteiger partial charge in [0.15, 0.2) is 15.0 Å². The number of alkyl halides is 3. The smallest absolute Gasteiger partial charge is 0.302 e. The fourth-order valence-electron chi connectivity index (χ4n) is 6.18. The molecule has 220 valence electrons. The summed E-state index contributed by atoms with van der Waals surface area (Å²) in [6, 6.07) is 5.19. The number of carbonyl (C=O) groups is 1. The highest BCUT2D eigenvalue weighted by atomic mass is 32.2. The second-order valence-electron chi connectivity index (χ2n) is 11.6. The number of aromatic nitrogens is 1. The van der Waals surface area contributed by atoms with Crippen molar-refractivity contribution in [2.75, 3.05) is 24.2 Å². The molecule has 2 fully saturated rings. The van der Waals surface area contributed by atoms with Crippen LogP contribution in [0.4, 0.5) is 18.3 Å². The maximum absolute atomic E-state index is 13.6. The standard InChI is InChI=1S/C28H37F3N4O3S2/c1-4-40(37,38)21-10-5-18(6-11-21)13-24(36)32-27-33-25-22(39-27)16-34(26(25)17(2)3)14-19-7-12-23(28(29,30)31)35(15-19)20-8-9-20/h5-6,10-11,17,19-20,23,26H,4,7-9,12-16H2,1-3H3,(H,32,33,36)/t19-,23-,26-/m0/s1. The highest BCUT2D eigenvalue weighted by molar-refractivity contribution is 7.91. The number of fused-ring (bicyclic) bond motifs is 1. The molecule has 3 aliphatic rings. The van der Waals surface area contributed by atoms with E-state index >= 15 is 0 Å². The van der Waals surface area contributed by atoms with E-state index < -0.39 is 22.1 Å². The number of likely N-dealkylation sites (tertiary alicyclic amines) is 1. The Hall–Kier alpha value is -2.02. The van der Waals surface area contributed by atoms with Gasteiger partial charge in [-0.3, -0.25) is 14.6 Å². The van der Waals surface area contributed by atoms with Gasteiger partial charge in [-0.15, -0.1) is 11.3 Å². The van der Waals surface area contributed by atoms with Crippen molar-refractivity contribution in [1.82, 2.24) is 14.8 Å². The molecule has 3 atom stereocenters. The number of halogens is 3. The molecule has 1 amide bonds. The predicted molar refractivity (Wildman–Crippen MR) is 149 cm³/mol. The summed E-state index contributed by atoms with van der Waals surface area (Å²) in [4.78, 5) is 22.9. The Morgan fingerprint density at radius 3 is 2.45 bits per heavy atom. The summed E-state index contributed by atoms with van der Waals surface area (Å²) in [7, 11) is -3.29. The molecule has 1 saturated heterocycles. The van der Waals surface area contributed by atoms with E-state index in [9.17, 15) is 26.4 Å². The van der Waals surface area contributed by atoms with Crippen LogP contribution in [0.25, 0.3) is 0 Å². The number of rotatable bonds is 9. The van der Waals surface area contributed by atoms with Gasteiger partial charge in [-0.25, -0.2) is 13.4 Å². The van der Waals surface area contributed by atoms with Gasteiger partial charge in [0.25, 0.3) is 0 Å². The fraction of sp³-hybridized carbons (Fsp3) is 0.643. The van der Waals surface area contributed by atoms with Gasteiger partial charge in [0.2, 0.25) is 5.91 Å². The number of thiazole rings is 1. The molecule has 1 aromatic heterocycles. The minimum atomic E-state index is -4.17. The predicted octanol–water partition coefficient (Wildman–Crippen LogP) is 5.44. The van der Waals surface area contributed by atoms with E-state index in [-0.39, 0.29) is 53.3 Å². The summed E-state index contributed by atoms with van der Waals surface area (Å²) in [5.74, 6) is 0.246. The van der Waals surface area contributed by atoms with Crippen LogP contribution < -0.4 is 5.32 Å². The monoisotopic (exact) mass is 598 g/mol. The number of nitrogens with one attached hydrogen (secondary N) is 1. The Bertz CT molecular complexity index is 1320. The van der Waals surface area contributed by atoms with Gasteiger partial charge < -0.3 is 5.32 Å². The van der Waals surface area contributed by atoms with E-state index in [0.29, 0.717) is 30.2 Å². The molecule has 0 spiro atoms. The van der Waals surface area contributed by atoms with Gasteiger partial charge in [-0.05, 0) is 55.2 Å². The lowest BCUT2D eigenvalue weighted by Gasteiger charge is -2.42. The summed E-state index contributed by atoms with van der Waals surface area (Å²) in [5.41, 5.74) is 1.66. The zero-order chi connectivity index (χ0) is 28.8. The van der Waals surface area contributed by atoms with Crippen molar-refractivity contribution in [3.8, 4) is 0 Å². The summed E-state index contributed by atoms with van der Waals surface area (Å²) >= 11 is 1.45. The van der Waals surface area contributed by atoms with Crippen LogP contribution >= 0.6 is 11.3 Å². The first-order valence-electron chi connectivity index (χ1n) is 14.0. The number of sulfone groups is 1. The van der Waals surface area contributed by atoms with E-state index in [1.807, 2.05) is 0 Å². The number of piperidine rings is 1. The van der Waals surface area contributed by atoms with Crippen molar-refractivity contribution in [2.45, 2.75) is 88.6 Å². The Balaban J connectivity index is 1.20. The van der Waals surface area contributed by atoms with Crippen molar-refractivity contribution in [3.05, 3.63) is 40.4 Å². The minimum Gasteiger partial charge on any atom is -0.302 e. The fourth-order valence-corrected chi connectivity index (χ4v) is 8.11. The third-order valence-electron chi connectivity index (χ3n) is 8.26. The zero-order valence-electron chi connectivity index (χ0n) is 23.1. The molecule has 0 unspecified atom stereocenters. The van der Waals surface area contributed by atoms with E-state index in [1.54, 1.807) is 24.0 Å². The van der Waals surface area contributed by atoms with Crippen LogP contribution in [0.3, 0.4) is 0 Å². The first kappa shape index (κ1) is 29.5. The van der Waals surface area contributed by atoms with Crippen LogP contribution in [0.2, 0.25) is 0 Å². The Morgan fingerprint density at radius 1 is 1.15 bits per heavy atom. The number of hydrogen-bond acceptors (Lipinski definition) is 7. The second kappa shape index (κ2) is 11.3. The normalized spacial score (nSPS) is 24.4. The van der Waals surface area contributed by atoms with E-state index in [2.05, 4.69) is 24.1 Å². The molecule has 40 heavy (non-hydrogen) atoms. The SMILES string of the molecule is CCS(=O)(=O)c1ccc(CC(=O)Nc2nc3c(s2)CN(C[C@@H]2CC[C@@H](C(F)(F)F)N(C4CC4)C2)[C@H]3C(C)C)cc1. The molecular formula is C28H37F3N4O3S2. The number of anilines is 1. The summed E-state index contributed by atoms with van der Waals surface area (Å²) in [6.45, 7) is 7.76. The molecule has 1 saturated carbocycles. The first-order chi connectivity index (χ1) is 18.9. The van der Waals surface area contributed by atoms with Gasteiger partial charge >= 0.3 is 6.18 Å². The van der Waals surface area contributed by atoms with Crippen LogP contribution in [0.1, 0.15) is 68.6 Å². The molecule has 3 heterocycles. The third-order valence-corrected chi connectivity index (χ3v) is 11.0. The van der Waals surface area contributed by atoms with Crippen molar-refractivity contribution in [3.63, 3.8) is 0 Å². The molecule has 0 bridgehead atoms. The summed E-state index contributed by atoms with van der Waals surface area (Å²) < 4.78 is 64.9. The van der Waals surface area contributed by atoms with Gasteiger partial charge in [0.05, 0.1) is 28.8 Å². The first-order valence-corrected chi connectivity index (χ1v) is 16.5. The zero-order valence-corrected chi connectivity index (χ0v) is 24.7. The molecule has 2 aliphatic heterocycles. The van der Waals surface area contributed by atoms with Crippen molar-refractivity contribution in [1.29, 1.82) is 0 Å². The highest BCUT2D eigenvalue weighted by Crippen LogP contribution is 2.45. The van der Waals surface area contributed by atoms with Crippen LogP contribution in [0.5, 0.6) is 0 Å². The molecule has 1 aliphatic carbocycles.